The molecule has 0 radical (unpaired) electrons. The predicted octanol–water partition coefficient (Wildman–Crippen LogP) is 2.42. The van der Waals surface area contributed by atoms with Gasteiger partial charge in [-0.3, -0.25) is 10.1 Å². The van der Waals surface area contributed by atoms with E-state index in [2.05, 4.69) is 5.32 Å². The first kappa shape index (κ1) is 13.4. The summed E-state index contributed by atoms with van der Waals surface area (Å²) in [5.74, 6) is 0.307. The summed E-state index contributed by atoms with van der Waals surface area (Å²) >= 11 is 0. The molecule has 1 aromatic rings. The number of non-ortho nitro benzene ring substituents is 1. The molecule has 94 valence electrons. The van der Waals surface area contributed by atoms with E-state index in [1.807, 2.05) is 13.0 Å². The van der Waals surface area contributed by atoms with Crippen molar-refractivity contribution in [3.63, 3.8) is 0 Å². The Morgan fingerprint density at radius 2 is 2.29 bits per heavy atom. The third-order valence-electron chi connectivity index (χ3n) is 2.57. The molecular weight excluding hydrogens is 220 g/mol. The first-order valence-electron chi connectivity index (χ1n) is 5.72. The Kier molecular flexibility index (Phi) is 5.42. The van der Waals surface area contributed by atoms with Crippen molar-refractivity contribution in [1.82, 2.24) is 0 Å². The van der Waals surface area contributed by atoms with E-state index in [0.29, 0.717) is 5.92 Å². The van der Waals surface area contributed by atoms with Gasteiger partial charge in [0.1, 0.15) is 0 Å². The van der Waals surface area contributed by atoms with Gasteiger partial charge < -0.3 is 10.4 Å². The number of nitro groups is 1. The minimum absolute atomic E-state index is 0.0960. The Morgan fingerprint density at radius 1 is 1.53 bits per heavy atom. The molecule has 1 unspecified atom stereocenters. The second-order valence-electron chi connectivity index (χ2n) is 4.16. The van der Waals surface area contributed by atoms with Crippen molar-refractivity contribution in [2.45, 2.75) is 19.8 Å². The van der Waals surface area contributed by atoms with E-state index < -0.39 is 4.92 Å². The van der Waals surface area contributed by atoms with Gasteiger partial charge in [0.25, 0.3) is 5.69 Å². The zero-order chi connectivity index (χ0) is 12.7. The summed E-state index contributed by atoms with van der Waals surface area (Å²) in [5, 5.41) is 22.5. The highest BCUT2D eigenvalue weighted by molar-refractivity contribution is 5.50. The molecule has 0 aliphatic carbocycles. The maximum atomic E-state index is 10.6. The second kappa shape index (κ2) is 6.85. The molecule has 2 N–H and O–H groups in total. The zero-order valence-corrected chi connectivity index (χ0v) is 9.93. The first-order chi connectivity index (χ1) is 8.13. The Morgan fingerprint density at radius 3 is 2.94 bits per heavy atom. The van der Waals surface area contributed by atoms with Crippen LogP contribution in [0.3, 0.4) is 0 Å². The van der Waals surface area contributed by atoms with Crippen LogP contribution in [-0.4, -0.2) is 23.2 Å². The van der Waals surface area contributed by atoms with E-state index in [-0.39, 0.29) is 12.3 Å². The molecule has 5 heteroatoms. The number of rotatable bonds is 7. The predicted molar refractivity (Wildman–Crippen MR) is 67.1 cm³/mol. The summed E-state index contributed by atoms with van der Waals surface area (Å²) in [6.45, 7) is 2.95. The molecule has 0 spiro atoms. The van der Waals surface area contributed by atoms with Crippen molar-refractivity contribution < 1.29 is 10.0 Å². The van der Waals surface area contributed by atoms with Gasteiger partial charge in [-0.25, -0.2) is 0 Å². The van der Waals surface area contributed by atoms with Crippen molar-refractivity contribution >= 4 is 11.4 Å². The van der Waals surface area contributed by atoms with E-state index in [0.717, 1.165) is 25.1 Å². The Balaban J connectivity index is 2.36. The smallest absolute Gasteiger partial charge is 0.271 e. The Bertz CT molecular complexity index is 369. The largest absolute Gasteiger partial charge is 0.396 e. The molecule has 1 aromatic carbocycles. The third kappa shape index (κ3) is 4.82. The molecule has 0 aliphatic heterocycles. The number of aliphatic hydroxyl groups is 1. The maximum absolute atomic E-state index is 10.6. The molecule has 0 fully saturated rings. The molecule has 0 saturated carbocycles. The quantitative estimate of drug-likeness (QED) is 0.434. The van der Waals surface area contributed by atoms with Crippen LogP contribution >= 0.6 is 0 Å². The number of anilines is 1. The van der Waals surface area contributed by atoms with Crippen LogP contribution in [0.25, 0.3) is 0 Å². The van der Waals surface area contributed by atoms with Crippen LogP contribution in [0.1, 0.15) is 19.8 Å². The van der Waals surface area contributed by atoms with Gasteiger partial charge in [-0.1, -0.05) is 13.0 Å². The van der Waals surface area contributed by atoms with Gasteiger partial charge in [-0.2, -0.15) is 0 Å². The standard InChI is InChI=1S/C12H18N2O3/c1-10(9-15)4-3-7-13-11-5-2-6-12(8-11)14(16)17/h2,5-6,8,10,13,15H,3-4,7,9H2,1H3. The van der Waals surface area contributed by atoms with Crippen molar-refractivity contribution in [3.05, 3.63) is 34.4 Å². The topological polar surface area (TPSA) is 75.4 Å². The molecule has 0 aromatic heterocycles. The highest BCUT2D eigenvalue weighted by atomic mass is 16.6. The number of hydrogen-bond acceptors (Lipinski definition) is 4. The molecule has 0 heterocycles. The van der Waals surface area contributed by atoms with Crippen LogP contribution < -0.4 is 5.32 Å². The summed E-state index contributed by atoms with van der Waals surface area (Å²) in [6, 6.07) is 6.47. The fourth-order valence-electron chi connectivity index (χ4n) is 1.50. The van der Waals surface area contributed by atoms with E-state index >= 15 is 0 Å². The van der Waals surface area contributed by atoms with E-state index in [1.54, 1.807) is 6.07 Å². The van der Waals surface area contributed by atoms with Crippen molar-refractivity contribution in [1.29, 1.82) is 0 Å². The second-order valence-corrected chi connectivity index (χ2v) is 4.16. The zero-order valence-electron chi connectivity index (χ0n) is 9.93. The van der Waals surface area contributed by atoms with Gasteiger partial charge in [0.05, 0.1) is 4.92 Å². The van der Waals surface area contributed by atoms with Crippen LogP contribution in [0.4, 0.5) is 11.4 Å². The van der Waals surface area contributed by atoms with Crippen LogP contribution in [-0.2, 0) is 0 Å². The molecule has 17 heavy (non-hydrogen) atoms. The van der Waals surface area contributed by atoms with Crippen molar-refractivity contribution in [2.24, 2.45) is 5.92 Å². The van der Waals surface area contributed by atoms with Crippen LogP contribution in [0.5, 0.6) is 0 Å². The van der Waals surface area contributed by atoms with Crippen LogP contribution in [0.2, 0.25) is 0 Å². The van der Waals surface area contributed by atoms with Gasteiger partial charge in [0.15, 0.2) is 0 Å². The lowest BCUT2D eigenvalue weighted by Crippen LogP contribution is -2.06. The maximum Gasteiger partial charge on any atom is 0.271 e. The van der Waals surface area contributed by atoms with Crippen molar-refractivity contribution in [3.8, 4) is 0 Å². The fourth-order valence-corrected chi connectivity index (χ4v) is 1.50. The average molecular weight is 238 g/mol. The highest BCUT2D eigenvalue weighted by Crippen LogP contribution is 2.17. The number of nitro benzene ring substituents is 1. The lowest BCUT2D eigenvalue weighted by molar-refractivity contribution is -0.384. The van der Waals surface area contributed by atoms with Crippen molar-refractivity contribution in [2.75, 3.05) is 18.5 Å². The minimum atomic E-state index is -0.404. The summed E-state index contributed by atoms with van der Waals surface area (Å²) in [4.78, 5) is 10.2. The van der Waals surface area contributed by atoms with Gasteiger partial charge >= 0.3 is 0 Å². The molecule has 1 atom stereocenters. The van der Waals surface area contributed by atoms with E-state index in [4.69, 9.17) is 5.11 Å². The number of nitrogens with zero attached hydrogens (tertiary/aromatic N) is 1. The Hall–Kier alpha value is -1.62. The summed E-state index contributed by atoms with van der Waals surface area (Å²) in [6.07, 6.45) is 1.88. The molecule has 1 rings (SSSR count). The monoisotopic (exact) mass is 238 g/mol. The highest BCUT2D eigenvalue weighted by Gasteiger charge is 2.05. The lowest BCUT2D eigenvalue weighted by Gasteiger charge is -2.09. The van der Waals surface area contributed by atoms with Gasteiger partial charge in [0, 0.05) is 31.0 Å². The van der Waals surface area contributed by atoms with E-state index in [1.165, 1.54) is 12.1 Å². The molecule has 0 saturated heterocycles. The SMILES string of the molecule is CC(CO)CCCNc1cccc([N+](=O)[O-])c1. The summed E-state index contributed by atoms with van der Waals surface area (Å²) < 4.78 is 0. The summed E-state index contributed by atoms with van der Waals surface area (Å²) in [5.41, 5.74) is 0.856. The number of hydrogen-bond donors (Lipinski definition) is 2. The lowest BCUT2D eigenvalue weighted by atomic mass is 10.1. The third-order valence-corrected chi connectivity index (χ3v) is 2.57. The molecule has 0 amide bonds. The number of benzene rings is 1. The van der Waals surface area contributed by atoms with Gasteiger partial charge in [-0.05, 0) is 24.8 Å². The average Bonchev–Trinajstić information content (AvgIpc) is 2.34. The fraction of sp³-hybridized carbons (Fsp3) is 0.500. The normalized spacial score (nSPS) is 12.1. The number of nitrogens with one attached hydrogen (secondary N) is 1. The van der Waals surface area contributed by atoms with E-state index in [9.17, 15) is 10.1 Å². The Labute approximate surface area is 101 Å². The first-order valence-corrected chi connectivity index (χ1v) is 5.72. The van der Waals surface area contributed by atoms with Gasteiger partial charge in [-0.15, -0.1) is 0 Å². The molecule has 5 nitrogen and oxygen atoms in total. The van der Waals surface area contributed by atoms with Crippen LogP contribution in [0.15, 0.2) is 24.3 Å². The number of aliphatic hydroxyl groups excluding tert-OH is 1. The summed E-state index contributed by atoms with van der Waals surface area (Å²) in [7, 11) is 0. The molecule has 0 aliphatic rings. The molecular formula is C12H18N2O3. The van der Waals surface area contributed by atoms with Gasteiger partial charge in [0.2, 0.25) is 0 Å². The molecule has 0 bridgehead atoms. The van der Waals surface area contributed by atoms with Crippen LogP contribution in [0, 0.1) is 16.0 Å². The minimum Gasteiger partial charge on any atom is -0.396 e.